The van der Waals surface area contributed by atoms with Gasteiger partial charge in [-0.25, -0.2) is 8.42 Å². The zero-order valence-electron chi connectivity index (χ0n) is 9.29. The summed E-state index contributed by atoms with van der Waals surface area (Å²) in [6, 6.07) is 3.40. The van der Waals surface area contributed by atoms with Crippen LogP contribution in [0.4, 0.5) is 0 Å². The lowest BCUT2D eigenvalue weighted by atomic mass is 10.3. The normalized spacial score (nSPS) is 28.1. The third-order valence-corrected chi connectivity index (χ3v) is 5.68. The summed E-state index contributed by atoms with van der Waals surface area (Å²) >= 11 is 1.26. The minimum Gasteiger partial charge on any atom is -0.373 e. The summed E-state index contributed by atoms with van der Waals surface area (Å²) in [6.45, 7) is 4.66. The third-order valence-electron chi connectivity index (χ3n) is 2.48. The zero-order valence-corrected chi connectivity index (χ0v) is 10.9. The maximum atomic E-state index is 12.2. The van der Waals surface area contributed by atoms with E-state index in [9.17, 15) is 8.42 Å². The van der Waals surface area contributed by atoms with Crippen molar-refractivity contribution < 1.29 is 13.2 Å². The molecule has 0 amide bonds. The molecule has 16 heavy (non-hydrogen) atoms. The Balaban J connectivity index is 2.24. The van der Waals surface area contributed by atoms with E-state index in [1.807, 2.05) is 13.8 Å². The molecule has 4 nitrogen and oxygen atoms in total. The standard InChI is InChI=1S/C10H15NO3S2/c1-8-6-11(7-9(2)14-8)16(12,13)10-4-3-5-15-10/h3-5,8-9H,6-7H2,1-2H3/t8-,9-/m1/s1. The molecular formula is C10H15NO3S2. The molecule has 1 aliphatic rings. The summed E-state index contributed by atoms with van der Waals surface area (Å²) in [6.07, 6.45) is -0.0861. The van der Waals surface area contributed by atoms with Gasteiger partial charge in [0.2, 0.25) is 0 Å². The molecule has 0 aliphatic carbocycles. The van der Waals surface area contributed by atoms with Crippen molar-refractivity contribution in [1.82, 2.24) is 4.31 Å². The van der Waals surface area contributed by atoms with E-state index < -0.39 is 10.0 Å². The van der Waals surface area contributed by atoms with Crippen LogP contribution < -0.4 is 0 Å². The first-order valence-corrected chi connectivity index (χ1v) is 7.51. The average molecular weight is 261 g/mol. The molecule has 90 valence electrons. The van der Waals surface area contributed by atoms with Gasteiger partial charge in [-0.1, -0.05) is 6.07 Å². The topological polar surface area (TPSA) is 46.6 Å². The second-order valence-electron chi connectivity index (χ2n) is 4.01. The van der Waals surface area contributed by atoms with E-state index in [1.54, 1.807) is 17.5 Å². The lowest BCUT2D eigenvalue weighted by Gasteiger charge is -2.34. The Morgan fingerprint density at radius 1 is 1.38 bits per heavy atom. The fourth-order valence-corrected chi connectivity index (χ4v) is 4.60. The first-order valence-electron chi connectivity index (χ1n) is 5.19. The zero-order chi connectivity index (χ0) is 11.8. The van der Waals surface area contributed by atoms with Gasteiger partial charge in [-0.15, -0.1) is 11.3 Å². The van der Waals surface area contributed by atoms with Crippen LogP contribution in [0, 0.1) is 0 Å². The SMILES string of the molecule is C[C@@H]1CN(S(=O)(=O)c2cccs2)C[C@@H](C)O1. The predicted molar refractivity (Wildman–Crippen MR) is 63.1 cm³/mol. The highest BCUT2D eigenvalue weighted by atomic mass is 32.2. The molecule has 2 atom stereocenters. The summed E-state index contributed by atoms with van der Waals surface area (Å²) in [4.78, 5) is 0. The van der Waals surface area contributed by atoms with Gasteiger partial charge in [-0.3, -0.25) is 0 Å². The van der Waals surface area contributed by atoms with Gasteiger partial charge in [0.25, 0.3) is 10.0 Å². The molecule has 0 radical (unpaired) electrons. The second kappa shape index (κ2) is 4.44. The van der Waals surface area contributed by atoms with E-state index in [4.69, 9.17) is 4.74 Å². The van der Waals surface area contributed by atoms with E-state index in [1.165, 1.54) is 15.6 Å². The van der Waals surface area contributed by atoms with Crippen molar-refractivity contribution in [3.05, 3.63) is 17.5 Å². The summed E-state index contributed by atoms with van der Waals surface area (Å²) < 4.78 is 31.9. The Morgan fingerprint density at radius 2 is 2.00 bits per heavy atom. The van der Waals surface area contributed by atoms with Gasteiger partial charge < -0.3 is 4.74 Å². The van der Waals surface area contributed by atoms with Gasteiger partial charge in [0.1, 0.15) is 4.21 Å². The fraction of sp³-hybridized carbons (Fsp3) is 0.600. The number of thiophene rings is 1. The van der Waals surface area contributed by atoms with E-state index in [0.717, 1.165) is 0 Å². The van der Waals surface area contributed by atoms with Gasteiger partial charge in [-0.05, 0) is 25.3 Å². The second-order valence-corrected chi connectivity index (χ2v) is 7.12. The van der Waals surface area contributed by atoms with Crippen molar-refractivity contribution in [2.75, 3.05) is 13.1 Å². The minimum absolute atomic E-state index is 0.0431. The molecule has 0 bridgehead atoms. The maximum absolute atomic E-state index is 12.2. The van der Waals surface area contributed by atoms with E-state index in [2.05, 4.69) is 0 Å². The highest BCUT2D eigenvalue weighted by Crippen LogP contribution is 2.24. The molecule has 1 fully saturated rings. The first-order chi connectivity index (χ1) is 7.50. The summed E-state index contributed by atoms with van der Waals surface area (Å²) in [5, 5.41) is 1.78. The average Bonchev–Trinajstić information content (AvgIpc) is 2.69. The predicted octanol–water partition coefficient (Wildman–Crippen LogP) is 1.55. The molecule has 0 spiro atoms. The molecule has 1 saturated heterocycles. The molecule has 0 unspecified atom stereocenters. The van der Waals surface area contributed by atoms with Crippen LogP contribution in [0.15, 0.2) is 21.7 Å². The molecule has 0 aromatic carbocycles. The summed E-state index contributed by atoms with van der Waals surface area (Å²) in [5.41, 5.74) is 0. The number of nitrogens with zero attached hydrogens (tertiary/aromatic N) is 1. The number of rotatable bonds is 2. The third kappa shape index (κ3) is 2.29. The first kappa shape index (κ1) is 12.0. The molecule has 0 N–H and O–H groups in total. The Bertz CT molecular complexity index is 431. The van der Waals surface area contributed by atoms with Crippen LogP contribution in [-0.2, 0) is 14.8 Å². The van der Waals surface area contributed by atoms with Crippen LogP contribution in [0.1, 0.15) is 13.8 Å². The van der Waals surface area contributed by atoms with Gasteiger partial charge in [0.05, 0.1) is 12.2 Å². The van der Waals surface area contributed by atoms with Gasteiger partial charge in [0, 0.05) is 13.1 Å². The number of ether oxygens (including phenoxy) is 1. The van der Waals surface area contributed by atoms with Crippen molar-refractivity contribution in [3.63, 3.8) is 0 Å². The maximum Gasteiger partial charge on any atom is 0.252 e. The lowest BCUT2D eigenvalue weighted by molar-refractivity contribution is -0.0440. The van der Waals surface area contributed by atoms with Crippen molar-refractivity contribution in [2.45, 2.75) is 30.3 Å². The van der Waals surface area contributed by atoms with E-state index >= 15 is 0 Å². The van der Waals surface area contributed by atoms with Gasteiger partial charge in [-0.2, -0.15) is 4.31 Å². The Morgan fingerprint density at radius 3 is 2.50 bits per heavy atom. The Hall–Kier alpha value is -0.430. The molecule has 1 aromatic heterocycles. The van der Waals surface area contributed by atoms with Crippen LogP contribution in [0.2, 0.25) is 0 Å². The Kier molecular flexibility index (Phi) is 3.34. The fourth-order valence-electron chi connectivity index (χ4n) is 1.86. The van der Waals surface area contributed by atoms with Crippen LogP contribution in [-0.4, -0.2) is 38.0 Å². The van der Waals surface area contributed by atoms with Gasteiger partial charge >= 0.3 is 0 Å². The van der Waals surface area contributed by atoms with Crippen LogP contribution in [0.5, 0.6) is 0 Å². The molecule has 0 saturated carbocycles. The highest BCUT2D eigenvalue weighted by Gasteiger charge is 2.32. The molecule has 2 rings (SSSR count). The van der Waals surface area contributed by atoms with Crippen molar-refractivity contribution in [3.8, 4) is 0 Å². The molecular weight excluding hydrogens is 246 g/mol. The van der Waals surface area contributed by atoms with Crippen LogP contribution >= 0.6 is 11.3 Å². The van der Waals surface area contributed by atoms with Crippen molar-refractivity contribution >= 4 is 21.4 Å². The smallest absolute Gasteiger partial charge is 0.252 e. The monoisotopic (exact) mass is 261 g/mol. The van der Waals surface area contributed by atoms with Crippen molar-refractivity contribution in [1.29, 1.82) is 0 Å². The minimum atomic E-state index is -3.31. The van der Waals surface area contributed by atoms with E-state index in [-0.39, 0.29) is 12.2 Å². The number of hydrogen-bond acceptors (Lipinski definition) is 4. The Labute approximate surface area is 99.9 Å². The lowest BCUT2D eigenvalue weighted by Crippen LogP contribution is -2.47. The number of morpholine rings is 1. The number of sulfonamides is 1. The van der Waals surface area contributed by atoms with Crippen LogP contribution in [0.3, 0.4) is 0 Å². The molecule has 1 aliphatic heterocycles. The van der Waals surface area contributed by atoms with Crippen LogP contribution in [0.25, 0.3) is 0 Å². The summed E-state index contributed by atoms with van der Waals surface area (Å²) in [7, 11) is -3.31. The van der Waals surface area contributed by atoms with E-state index in [0.29, 0.717) is 17.3 Å². The van der Waals surface area contributed by atoms with Crippen molar-refractivity contribution in [2.24, 2.45) is 0 Å². The summed E-state index contributed by atoms with van der Waals surface area (Å²) in [5.74, 6) is 0. The molecule has 6 heteroatoms. The number of hydrogen-bond donors (Lipinski definition) is 0. The largest absolute Gasteiger partial charge is 0.373 e. The molecule has 2 heterocycles. The molecule has 1 aromatic rings. The highest BCUT2D eigenvalue weighted by molar-refractivity contribution is 7.91. The quantitative estimate of drug-likeness (QED) is 0.811. The van der Waals surface area contributed by atoms with Gasteiger partial charge in [0.15, 0.2) is 0 Å².